The number of H-pyrrole nitrogens is 1. The molecule has 0 radical (unpaired) electrons. The van der Waals surface area contributed by atoms with Crippen molar-refractivity contribution in [3.63, 3.8) is 0 Å². The molecule has 1 aromatic heterocycles. The number of rotatable bonds is 5. The first kappa shape index (κ1) is 16.6. The number of benzene rings is 2. The number of fused-ring (bicyclic) bond motifs is 1. The minimum atomic E-state index is -0.291. The van der Waals surface area contributed by atoms with Gasteiger partial charge in [-0.2, -0.15) is 0 Å². The Kier molecular flexibility index (Phi) is 4.74. The summed E-state index contributed by atoms with van der Waals surface area (Å²) in [6.07, 6.45) is 1.62. The predicted octanol–water partition coefficient (Wildman–Crippen LogP) is 3.46. The molecule has 0 spiro atoms. The number of hydrogen-bond acceptors (Lipinski definition) is 4. The minimum absolute atomic E-state index is 0.198. The van der Waals surface area contributed by atoms with Crippen molar-refractivity contribution in [1.82, 2.24) is 15.3 Å². The zero-order valence-electron chi connectivity index (χ0n) is 14.3. The number of carbonyl (C=O) groups is 1. The van der Waals surface area contributed by atoms with E-state index in [4.69, 9.17) is 9.47 Å². The van der Waals surface area contributed by atoms with Crippen LogP contribution in [0, 0.1) is 0 Å². The number of methoxy groups -OCH3 is 2. The molecule has 0 fully saturated rings. The Bertz CT molecular complexity index is 891. The number of ether oxygens (including phenoxy) is 2. The van der Waals surface area contributed by atoms with Crippen molar-refractivity contribution in [2.24, 2.45) is 0 Å². The molecule has 1 heterocycles. The Balaban J connectivity index is 1.67. The Hall–Kier alpha value is -3.22. The lowest BCUT2D eigenvalue weighted by Gasteiger charge is -2.17. The molecule has 0 aliphatic carbocycles. The average Bonchev–Trinajstić information content (AvgIpc) is 3.08. The molecule has 3 N–H and O–H groups in total. The molecule has 0 aliphatic rings. The van der Waals surface area contributed by atoms with Gasteiger partial charge in [-0.3, -0.25) is 0 Å². The SMILES string of the molecule is COc1ccc(C(C)NC(=O)Nc2ccc3nc[nH]c3c2)cc1OC. The molecule has 7 nitrogen and oxygen atoms in total. The summed E-state index contributed by atoms with van der Waals surface area (Å²) in [6.45, 7) is 1.90. The van der Waals surface area contributed by atoms with Crippen molar-refractivity contribution >= 4 is 22.8 Å². The summed E-state index contributed by atoms with van der Waals surface area (Å²) in [4.78, 5) is 19.4. The fourth-order valence-electron chi connectivity index (χ4n) is 2.58. The lowest BCUT2D eigenvalue weighted by atomic mass is 10.1. The Morgan fingerprint density at radius 1 is 1.12 bits per heavy atom. The van der Waals surface area contributed by atoms with E-state index in [1.807, 2.05) is 43.3 Å². The molecule has 0 aliphatic heterocycles. The van der Waals surface area contributed by atoms with Crippen molar-refractivity contribution in [2.75, 3.05) is 19.5 Å². The molecule has 3 rings (SSSR count). The Morgan fingerprint density at radius 3 is 2.68 bits per heavy atom. The molecular formula is C18H20N4O3. The van der Waals surface area contributed by atoms with Crippen LogP contribution in [0.4, 0.5) is 10.5 Å². The Morgan fingerprint density at radius 2 is 1.92 bits per heavy atom. The van der Waals surface area contributed by atoms with E-state index in [0.717, 1.165) is 16.6 Å². The molecular weight excluding hydrogens is 320 g/mol. The number of aromatic amines is 1. The number of anilines is 1. The van der Waals surface area contributed by atoms with Gasteiger partial charge in [0.05, 0.1) is 37.6 Å². The van der Waals surface area contributed by atoms with Crippen LogP contribution in [0.25, 0.3) is 11.0 Å². The molecule has 0 bridgehead atoms. The molecule has 1 atom stereocenters. The van der Waals surface area contributed by atoms with Crippen LogP contribution in [-0.2, 0) is 0 Å². The summed E-state index contributed by atoms with van der Waals surface area (Å²) < 4.78 is 10.5. The first-order chi connectivity index (χ1) is 12.1. The lowest BCUT2D eigenvalue weighted by Crippen LogP contribution is -2.31. The second-order valence-electron chi connectivity index (χ2n) is 5.57. The Labute approximate surface area is 145 Å². The van der Waals surface area contributed by atoms with Gasteiger partial charge in [-0.05, 0) is 42.8 Å². The monoisotopic (exact) mass is 340 g/mol. The highest BCUT2D eigenvalue weighted by molar-refractivity contribution is 5.92. The van der Waals surface area contributed by atoms with Gasteiger partial charge in [-0.15, -0.1) is 0 Å². The topological polar surface area (TPSA) is 88.3 Å². The zero-order valence-corrected chi connectivity index (χ0v) is 14.3. The smallest absolute Gasteiger partial charge is 0.319 e. The molecule has 130 valence electrons. The van der Waals surface area contributed by atoms with Gasteiger partial charge in [0.2, 0.25) is 0 Å². The van der Waals surface area contributed by atoms with E-state index in [0.29, 0.717) is 17.2 Å². The quantitative estimate of drug-likeness (QED) is 0.664. The number of hydrogen-bond donors (Lipinski definition) is 3. The largest absolute Gasteiger partial charge is 0.493 e. The molecule has 0 saturated carbocycles. The number of aromatic nitrogens is 2. The van der Waals surface area contributed by atoms with Gasteiger partial charge >= 0.3 is 6.03 Å². The van der Waals surface area contributed by atoms with E-state index in [1.165, 1.54) is 0 Å². The maximum atomic E-state index is 12.2. The standard InChI is InChI=1S/C18H20N4O3/c1-11(12-4-7-16(24-2)17(8-12)25-3)21-18(23)22-13-5-6-14-15(9-13)20-10-19-14/h4-11H,1-3H3,(H,19,20)(H2,21,22,23). The zero-order chi connectivity index (χ0) is 17.8. The average molecular weight is 340 g/mol. The van der Waals surface area contributed by atoms with Gasteiger partial charge in [0.1, 0.15) is 0 Å². The molecule has 2 aromatic carbocycles. The van der Waals surface area contributed by atoms with E-state index in [2.05, 4.69) is 20.6 Å². The predicted molar refractivity (Wildman–Crippen MR) is 96.2 cm³/mol. The third kappa shape index (κ3) is 3.65. The molecule has 25 heavy (non-hydrogen) atoms. The maximum absolute atomic E-state index is 12.2. The summed E-state index contributed by atoms with van der Waals surface area (Å²) in [7, 11) is 3.17. The van der Waals surface area contributed by atoms with E-state index in [1.54, 1.807) is 20.5 Å². The summed E-state index contributed by atoms with van der Waals surface area (Å²) >= 11 is 0. The van der Waals surface area contributed by atoms with E-state index >= 15 is 0 Å². The number of imidazole rings is 1. The summed E-state index contributed by atoms with van der Waals surface area (Å²) in [5.41, 5.74) is 3.32. The van der Waals surface area contributed by atoms with Crippen molar-refractivity contribution in [2.45, 2.75) is 13.0 Å². The van der Waals surface area contributed by atoms with Crippen LogP contribution in [-0.4, -0.2) is 30.2 Å². The van der Waals surface area contributed by atoms with E-state index in [-0.39, 0.29) is 12.1 Å². The first-order valence-electron chi connectivity index (χ1n) is 7.83. The first-order valence-corrected chi connectivity index (χ1v) is 7.83. The fourth-order valence-corrected chi connectivity index (χ4v) is 2.58. The number of urea groups is 1. The molecule has 2 amide bonds. The number of carbonyl (C=O) groups excluding carboxylic acids is 1. The van der Waals surface area contributed by atoms with Crippen molar-refractivity contribution in [3.8, 4) is 11.5 Å². The van der Waals surface area contributed by atoms with Crippen molar-refractivity contribution in [3.05, 3.63) is 48.3 Å². The highest BCUT2D eigenvalue weighted by Gasteiger charge is 2.13. The highest BCUT2D eigenvalue weighted by atomic mass is 16.5. The highest BCUT2D eigenvalue weighted by Crippen LogP contribution is 2.29. The van der Waals surface area contributed by atoms with Gasteiger partial charge < -0.3 is 25.1 Å². The van der Waals surface area contributed by atoms with Crippen molar-refractivity contribution in [1.29, 1.82) is 0 Å². The van der Waals surface area contributed by atoms with Gasteiger partial charge in [0.15, 0.2) is 11.5 Å². The molecule has 1 unspecified atom stereocenters. The molecule has 0 saturated heterocycles. The number of amides is 2. The number of nitrogens with one attached hydrogen (secondary N) is 3. The van der Waals surface area contributed by atoms with Gasteiger partial charge in [-0.25, -0.2) is 9.78 Å². The lowest BCUT2D eigenvalue weighted by molar-refractivity contribution is 0.249. The maximum Gasteiger partial charge on any atom is 0.319 e. The second-order valence-corrected chi connectivity index (χ2v) is 5.57. The molecule has 7 heteroatoms. The summed E-state index contributed by atoms with van der Waals surface area (Å²) in [6, 6.07) is 10.6. The van der Waals surface area contributed by atoms with Crippen LogP contribution in [0.3, 0.4) is 0 Å². The van der Waals surface area contributed by atoms with Crippen LogP contribution < -0.4 is 20.1 Å². The normalized spacial score (nSPS) is 11.8. The van der Waals surface area contributed by atoms with Gasteiger partial charge in [0, 0.05) is 5.69 Å². The van der Waals surface area contributed by atoms with Gasteiger partial charge in [-0.1, -0.05) is 6.07 Å². The van der Waals surface area contributed by atoms with Crippen LogP contribution >= 0.6 is 0 Å². The summed E-state index contributed by atoms with van der Waals surface area (Å²) in [5.74, 6) is 1.27. The van der Waals surface area contributed by atoms with Crippen LogP contribution in [0.5, 0.6) is 11.5 Å². The number of nitrogens with zero attached hydrogens (tertiary/aromatic N) is 1. The van der Waals surface area contributed by atoms with E-state index in [9.17, 15) is 4.79 Å². The third-order valence-electron chi connectivity index (χ3n) is 3.93. The van der Waals surface area contributed by atoms with Crippen LogP contribution in [0.2, 0.25) is 0 Å². The molecule has 3 aromatic rings. The summed E-state index contributed by atoms with van der Waals surface area (Å²) in [5, 5.41) is 5.72. The van der Waals surface area contributed by atoms with Crippen LogP contribution in [0.1, 0.15) is 18.5 Å². The van der Waals surface area contributed by atoms with Crippen LogP contribution in [0.15, 0.2) is 42.7 Å². The van der Waals surface area contributed by atoms with Crippen molar-refractivity contribution < 1.29 is 14.3 Å². The van der Waals surface area contributed by atoms with Gasteiger partial charge in [0.25, 0.3) is 0 Å². The second kappa shape index (κ2) is 7.12. The fraction of sp³-hybridized carbons (Fsp3) is 0.222. The van der Waals surface area contributed by atoms with E-state index < -0.39 is 0 Å². The minimum Gasteiger partial charge on any atom is -0.493 e. The third-order valence-corrected chi connectivity index (χ3v) is 3.93.